The second kappa shape index (κ2) is 7.02. The first-order valence-electron chi connectivity index (χ1n) is 6.66. The number of pyridine rings is 1. The number of aromatic nitrogens is 3. The fraction of sp³-hybridized carbons (Fsp3) is 0.0625. The smallest absolute Gasteiger partial charge is 0.240 e. The topological polar surface area (TPSA) is 51.8 Å². The first kappa shape index (κ1) is 15.8. The Bertz CT molecular complexity index is 866. The van der Waals surface area contributed by atoms with Crippen LogP contribution in [0.3, 0.4) is 0 Å². The molecule has 7 heteroatoms. The first-order valence-corrected chi connectivity index (χ1v) is 7.83. The maximum absolute atomic E-state index is 13.0. The summed E-state index contributed by atoms with van der Waals surface area (Å²) in [5, 5.41) is 8.23. The first-order chi connectivity index (χ1) is 11.1. The zero-order valence-corrected chi connectivity index (χ0v) is 14.1. The number of hydrogen-bond acceptors (Lipinski definition) is 4. The van der Waals surface area contributed by atoms with Crippen molar-refractivity contribution in [3.8, 4) is 0 Å². The molecular weight excluding hydrogens is 385 g/mol. The molecule has 1 aromatic carbocycles. The molecule has 0 aliphatic heterocycles. The average molecular weight is 395 g/mol. The third-order valence-corrected chi connectivity index (χ3v) is 3.78. The van der Waals surface area contributed by atoms with E-state index >= 15 is 0 Å². The van der Waals surface area contributed by atoms with E-state index in [1.165, 1.54) is 12.1 Å². The highest BCUT2D eigenvalue weighted by Gasteiger charge is 2.06. The van der Waals surface area contributed by atoms with Crippen molar-refractivity contribution in [3.05, 3.63) is 74.9 Å². The molecule has 0 aliphatic rings. The van der Waals surface area contributed by atoms with Crippen molar-refractivity contribution in [1.29, 1.82) is 0 Å². The highest BCUT2D eigenvalue weighted by molar-refractivity contribution is 9.10. The number of rotatable bonds is 4. The van der Waals surface area contributed by atoms with Crippen LogP contribution in [-0.2, 0) is 6.42 Å². The second-order valence-corrected chi connectivity index (χ2v) is 6.00. The summed E-state index contributed by atoms with van der Waals surface area (Å²) in [5.41, 5.74) is 1.49. The summed E-state index contributed by atoms with van der Waals surface area (Å²) in [6, 6.07) is 7.90. The second-order valence-electron chi connectivity index (χ2n) is 4.68. The molecule has 2 heterocycles. The van der Waals surface area contributed by atoms with Crippen molar-refractivity contribution in [1.82, 2.24) is 15.2 Å². The van der Waals surface area contributed by atoms with Gasteiger partial charge in [0.2, 0.25) is 11.8 Å². The maximum atomic E-state index is 13.0. The molecule has 3 rings (SSSR count). The summed E-state index contributed by atoms with van der Waals surface area (Å²) < 4.78 is 19.5. The molecule has 0 spiro atoms. The molecule has 2 aromatic heterocycles. The highest BCUT2D eigenvalue weighted by Crippen LogP contribution is 2.20. The van der Waals surface area contributed by atoms with Crippen LogP contribution in [0.4, 0.5) is 4.39 Å². The van der Waals surface area contributed by atoms with Gasteiger partial charge in [0.05, 0.1) is 17.1 Å². The maximum Gasteiger partial charge on any atom is 0.240 e. The predicted octanol–water partition coefficient (Wildman–Crippen LogP) is 4.78. The molecule has 0 unspecified atom stereocenters. The molecular formula is C16H10BrClFN3O. The van der Waals surface area contributed by atoms with Crippen molar-refractivity contribution in [3.63, 3.8) is 0 Å². The largest absolute Gasteiger partial charge is 0.421 e. The van der Waals surface area contributed by atoms with Crippen LogP contribution < -0.4 is 0 Å². The Morgan fingerprint density at radius 2 is 2.04 bits per heavy atom. The SMILES string of the molecule is Fc1ccc(C=Cc2nnc(Cc3cc(Br)ccn3)o2)c(Cl)c1. The third-order valence-electron chi connectivity index (χ3n) is 2.96. The van der Waals surface area contributed by atoms with Gasteiger partial charge in [0.1, 0.15) is 5.82 Å². The molecule has 0 fully saturated rings. The quantitative estimate of drug-likeness (QED) is 0.639. The monoisotopic (exact) mass is 393 g/mol. The lowest BCUT2D eigenvalue weighted by Crippen LogP contribution is -1.91. The van der Waals surface area contributed by atoms with E-state index in [2.05, 4.69) is 31.1 Å². The van der Waals surface area contributed by atoms with Gasteiger partial charge in [-0.15, -0.1) is 10.2 Å². The molecule has 0 bridgehead atoms. The van der Waals surface area contributed by atoms with Gasteiger partial charge < -0.3 is 4.42 Å². The zero-order valence-electron chi connectivity index (χ0n) is 11.7. The summed E-state index contributed by atoms with van der Waals surface area (Å²) in [4.78, 5) is 4.23. The Balaban J connectivity index is 1.73. The molecule has 0 N–H and O–H groups in total. The molecule has 0 aliphatic carbocycles. The fourth-order valence-electron chi connectivity index (χ4n) is 1.90. The van der Waals surface area contributed by atoms with Crippen LogP contribution in [0.15, 0.2) is 45.4 Å². The van der Waals surface area contributed by atoms with Crippen LogP contribution in [0.1, 0.15) is 23.0 Å². The van der Waals surface area contributed by atoms with Gasteiger partial charge in [0.25, 0.3) is 0 Å². The molecule has 0 amide bonds. The molecule has 0 radical (unpaired) electrons. The van der Waals surface area contributed by atoms with Crippen molar-refractivity contribution in [2.24, 2.45) is 0 Å². The minimum atomic E-state index is -0.381. The molecule has 0 saturated carbocycles. The Morgan fingerprint density at radius 1 is 1.17 bits per heavy atom. The van der Waals surface area contributed by atoms with E-state index in [4.69, 9.17) is 16.0 Å². The number of halogens is 3. The van der Waals surface area contributed by atoms with Crippen molar-refractivity contribution >= 4 is 39.7 Å². The minimum Gasteiger partial charge on any atom is -0.421 e. The number of hydrogen-bond donors (Lipinski definition) is 0. The molecule has 23 heavy (non-hydrogen) atoms. The molecule has 4 nitrogen and oxygen atoms in total. The lowest BCUT2D eigenvalue weighted by atomic mass is 10.2. The van der Waals surface area contributed by atoms with E-state index in [-0.39, 0.29) is 5.82 Å². The van der Waals surface area contributed by atoms with E-state index in [1.54, 1.807) is 24.4 Å². The standard InChI is InChI=1S/C16H10BrClFN3O/c17-11-5-6-20-13(7-11)9-16-22-21-15(23-16)4-2-10-1-3-12(19)8-14(10)18/h1-8H,9H2. The summed E-state index contributed by atoms with van der Waals surface area (Å²) >= 11 is 9.34. The summed E-state index contributed by atoms with van der Waals surface area (Å²) in [6.07, 6.45) is 5.46. The van der Waals surface area contributed by atoms with E-state index < -0.39 is 0 Å². The van der Waals surface area contributed by atoms with Crippen LogP contribution >= 0.6 is 27.5 Å². The van der Waals surface area contributed by atoms with Gasteiger partial charge in [-0.25, -0.2) is 4.39 Å². The van der Waals surface area contributed by atoms with Gasteiger partial charge in [-0.3, -0.25) is 4.98 Å². The van der Waals surface area contributed by atoms with Crippen LogP contribution in [0.25, 0.3) is 12.2 Å². The van der Waals surface area contributed by atoms with E-state index in [1.807, 2.05) is 12.1 Å². The van der Waals surface area contributed by atoms with Gasteiger partial charge in [0, 0.05) is 16.7 Å². The van der Waals surface area contributed by atoms with Crippen LogP contribution in [0.5, 0.6) is 0 Å². The summed E-state index contributed by atoms with van der Waals surface area (Å²) in [7, 11) is 0. The van der Waals surface area contributed by atoms with Crippen molar-refractivity contribution in [2.45, 2.75) is 6.42 Å². The molecule has 3 aromatic rings. The summed E-state index contributed by atoms with van der Waals surface area (Å²) in [6.45, 7) is 0. The van der Waals surface area contributed by atoms with Crippen molar-refractivity contribution < 1.29 is 8.81 Å². The molecule has 0 atom stereocenters. The molecule has 0 saturated heterocycles. The average Bonchev–Trinajstić information content (AvgIpc) is 2.94. The lowest BCUT2D eigenvalue weighted by molar-refractivity contribution is 0.495. The van der Waals surface area contributed by atoms with Crippen LogP contribution in [0.2, 0.25) is 5.02 Å². The van der Waals surface area contributed by atoms with E-state index in [0.717, 1.165) is 10.2 Å². The lowest BCUT2D eigenvalue weighted by Gasteiger charge is -1.97. The third kappa shape index (κ3) is 4.24. The van der Waals surface area contributed by atoms with Gasteiger partial charge in [-0.05, 0) is 35.9 Å². The highest BCUT2D eigenvalue weighted by atomic mass is 79.9. The fourth-order valence-corrected chi connectivity index (χ4v) is 2.52. The number of benzene rings is 1. The Kier molecular flexibility index (Phi) is 4.83. The number of nitrogens with zero attached hydrogens (tertiary/aromatic N) is 3. The van der Waals surface area contributed by atoms with E-state index in [9.17, 15) is 4.39 Å². The van der Waals surface area contributed by atoms with Crippen molar-refractivity contribution in [2.75, 3.05) is 0 Å². The van der Waals surface area contributed by atoms with Gasteiger partial charge in [-0.1, -0.05) is 33.6 Å². The van der Waals surface area contributed by atoms with Gasteiger partial charge in [-0.2, -0.15) is 0 Å². The van der Waals surface area contributed by atoms with Crippen LogP contribution in [-0.4, -0.2) is 15.2 Å². The Hall–Kier alpha value is -2.05. The van der Waals surface area contributed by atoms with Gasteiger partial charge >= 0.3 is 0 Å². The van der Waals surface area contributed by atoms with Crippen LogP contribution in [0, 0.1) is 5.82 Å². The Labute approximate surface area is 145 Å². The normalized spacial score (nSPS) is 11.3. The van der Waals surface area contributed by atoms with Gasteiger partial charge in [0.15, 0.2) is 0 Å². The Morgan fingerprint density at radius 3 is 2.83 bits per heavy atom. The van der Waals surface area contributed by atoms with E-state index in [0.29, 0.717) is 28.8 Å². The zero-order chi connectivity index (χ0) is 16.2. The minimum absolute atomic E-state index is 0.319. The summed E-state index contributed by atoms with van der Waals surface area (Å²) in [5.74, 6) is 0.421. The molecule has 116 valence electrons. The predicted molar refractivity (Wildman–Crippen MR) is 89.4 cm³/mol.